The number of carboxylic acid groups (broad SMARTS) is 1. The molecule has 0 bridgehead atoms. The number of nitrogens with zero attached hydrogens (tertiary/aromatic N) is 3. The lowest BCUT2D eigenvalue weighted by molar-refractivity contribution is -0.384. The zero-order valence-electron chi connectivity index (χ0n) is 18.5. The Morgan fingerprint density at radius 1 is 1.28 bits per heavy atom. The van der Waals surface area contributed by atoms with Crippen molar-refractivity contribution in [3.05, 3.63) is 57.1 Å². The molecule has 1 aliphatic rings. The molecule has 0 unspecified atom stereocenters. The Morgan fingerprint density at radius 2 is 1.97 bits per heavy atom. The van der Waals surface area contributed by atoms with E-state index < -0.39 is 16.6 Å². The molecule has 2 aromatic carbocycles. The number of halogens is 1. The van der Waals surface area contributed by atoms with Crippen LogP contribution in [0, 0.1) is 16.0 Å². The van der Waals surface area contributed by atoms with Gasteiger partial charge in [-0.3, -0.25) is 10.1 Å². The Labute approximate surface area is 196 Å². The molecule has 3 rings (SSSR count). The van der Waals surface area contributed by atoms with Crippen LogP contribution in [0.25, 0.3) is 0 Å². The number of ether oxygens (including phenoxy) is 1. The van der Waals surface area contributed by atoms with Crippen molar-refractivity contribution in [3.8, 4) is 11.5 Å². The number of anilines is 1. The number of nitro benzene ring substituents is 1. The van der Waals surface area contributed by atoms with Gasteiger partial charge in [-0.05, 0) is 73.7 Å². The number of piperidine rings is 1. The van der Waals surface area contributed by atoms with E-state index in [2.05, 4.69) is 15.9 Å². The number of rotatable bonds is 6. The van der Waals surface area contributed by atoms with Gasteiger partial charge in [0.25, 0.3) is 5.69 Å². The summed E-state index contributed by atoms with van der Waals surface area (Å²) in [5.41, 5.74) is -0.0703. The second-order valence-electron chi connectivity index (χ2n) is 8.94. The van der Waals surface area contributed by atoms with Crippen LogP contribution in [-0.2, 0) is 0 Å². The van der Waals surface area contributed by atoms with Crippen molar-refractivity contribution in [1.29, 1.82) is 0 Å². The summed E-state index contributed by atoms with van der Waals surface area (Å²) in [6.07, 6.45) is 0.720. The first-order valence-corrected chi connectivity index (χ1v) is 11.3. The van der Waals surface area contributed by atoms with Gasteiger partial charge in [0.2, 0.25) is 0 Å². The van der Waals surface area contributed by atoms with Crippen molar-refractivity contribution in [3.63, 3.8) is 0 Å². The average molecular weight is 506 g/mol. The zero-order chi connectivity index (χ0) is 23.5. The molecular formula is C23H28BrN3O5. The molecule has 172 valence electrons. The number of benzene rings is 2. The molecule has 8 nitrogen and oxygen atoms in total. The van der Waals surface area contributed by atoms with E-state index in [0.29, 0.717) is 41.3 Å². The van der Waals surface area contributed by atoms with Crippen LogP contribution < -0.4 is 9.64 Å². The third-order valence-electron chi connectivity index (χ3n) is 5.54. The van der Waals surface area contributed by atoms with Crippen molar-refractivity contribution >= 4 is 33.4 Å². The summed E-state index contributed by atoms with van der Waals surface area (Å²) in [7, 11) is 0. The van der Waals surface area contributed by atoms with E-state index in [4.69, 9.17) is 4.74 Å². The summed E-state index contributed by atoms with van der Waals surface area (Å²) < 4.78 is 6.48. The van der Waals surface area contributed by atoms with E-state index in [1.54, 1.807) is 6.07 Å². The van der Waals surface area contributed by atoms with Gasteiger partial charge in [-0.25, -0.2) is 4.79 Å². The molecule has 0 radical (unpaired) electrons. The van der Waals surface area contributed by atoms with Crippen molar-refractivity contribution in [2.45, 2.75) is 39.2 Å². The fourth-order valence-electron chi connectivity index (χ4n) is 3.99. The number of para-hydroxylation sites is 1. The monoisotopic (exact) mass is 505 g/mol. The van der Waals surface area contributed by atoms with Gasteiger partial charge in [0, 0.05) is 31.2 Å². The quantitative estimate of drug-likeness (QED) is 0.373. The average Bonchev–Trinajstić information content (AvgIpc) is 2.73. The van der Waals surface area contributed by atoms with Crippen LogP contribution in [0.1, 0.15) is 33.6 Å². The largest absolute Gasteiger partial charge is 0.465 e. The van der Waals surface area contributed by atoms with E-state index in [9.17, 15) is 20.0 Å². The van der Waals surface area contributed by atoms with Gasteiger partial charge in [-0.15, -0.1) is 0 Å². The molecule has 2 aromatic rings. The summed E-state index contributed by atoms with van der Waals surface area (Å²) in [6.45, 7) is 7.15. The van der Waals surface area contributed by atoms with Crippen LogP contribution in [0.3, 0.4) is 0 Å². The second-order valence-corrected chi connectivity index (χ2v) is 9.73. The van der Waals surface area contributed by atoms with Gasteiger partial charge in [0.05, 0.1) is 9.40 Å². The van der Waals surface area contributed by atoms with Gasteiger partial charge in [0.1, 0.15) is 17.2 Å². The lowest BCUT2D eigenvalue weighted by atomic mass is 9.94. The molecule has 0 spiro atoms. The maximum absolute atomic E-state index is 11.8. The first-order chi connectivity index (χ1) is 15.1. The van der Waals surface area contributed by atoms with Crippen molar-refractivity contribution in [2.75, 3.05) is 24.5 Å². The summed E-state index contributed by atoms with van der Waals surface area (Å²) in [6, 6.07) is 12.3. The Hall–Kier alpha value is -2.81. The van der Waals surface area contributed by atoms with Gasteiger partial charge >= 0.3 is 6.09 Å². The van der Waals surface area contributed by atoms with Gasteiger partial charge < -0.3 is 19.6 Å². The van der Waals surface area contributed by atoms with E-state index in [1.807, 2.05) is 56.0 Å². The SMILES string of the molecule is CC(C)(C)N(C[C@H]1CCCN(c2c([N+](=O)[O-])ccc(Oc3ccccc3)c2Br)C1)C(=O)O. The molecule has 9 heteroatoms. The van der Waals surface area contributed by atoms with Crippen molar-refractivity contribution < 1.29 is 19.6 Å². The molecule has 1 fully saturated rings. The number of hydrogen-bond donors (Lipinski definition) is 1. The number of carbonyl (C=O) groups is 1. The third-order valence-corrected chi connectivity index (χ3v) is 6.31. The zero-order valence-corrected chi connectivity index (χ0v) is 20.0. The van der Waals surface area contributed by atoms with Gasteiger partial charge in [-0.1, -0.05) is 18.2 Å². The molecule has 1 heterocycles. The molecule has 1 N–H and O–H groups in total. The highest BCUT2D eigenvalue weighted by Gasteiger charge is 2.33. The van der Waals surface area contributed by atoms with Crippen LogP contribution in [0.15, 0.2) is 46.9 Å². The lowest BCUT2D eigenvalue weighted by Gasteiger charge is -2.40. The predicted octanol–water partition coefficient (Wildman–Crippen LogP) is 6.14. The minimum absolute atomic E-state index is 0.0103. The fourth-order valence-corrected chi connectivity index (χ4v) is 4.66. The number of amides is 1. The van der Waals surface area contributed by atoms with Gasteiger partial charge in [-0.2, -0.15) is 0 Å². The predicted molar refractivity (Wildman–Crippen MR) is 127 cm³/mol. The smallest absolute Gasteiger partial charge is 0.407 e. The van der Waals surface area contributed by atoms with Crippen molar-refractivity contribution in [2.24, 2.45) is 5.92 Å². The standard InChI is InChI=1S/C23H28BrN3O5/c1-23(2,3)26(22(28)29)15-16-8-7-13-25(14-16)21-18(27(30)31)11-12-19(20(21)24)32-17-9-5-4-6-10-17/h4-6,9-12,16H,7-8,13-15H2,1-3H3,(H,28,29)/t16-/m0/s1. The molecular weight excluding hydrogens is 478 g/mol. The second kappa shape index (κ2) is 9.77. The summed E-state index contributed by atoms with van der Waals surface area (Å²) in [4.78, 5) is 26.6. The highest BCUT2D eigenvalue weighted by molar-refractivity contribution is 9.10. The Bertz CT molecular complexity index is 978. The van der Waals surface area contributed by atoms with Crippen LogP contribution in [0.4, 0.5) is 16.2 Å². The summed E-state index contributed by atoms with van der Waals surface area (Å²) in [5.74, 6) is 1.18. The minimum atomic E-state index is -0.958. The fraction of sp³-hybridized carbons (Fsp3) is 0.435. The number of hydrogen-bond acceptors (Lipinski definition) is 5. The molecule has 32 heavy (non-hydrogen) atoms. The van der Waals surface area contributed by atoms with E-state index in [1.165, 1.54) is 11.0 Å². The summed E-state index contributed by atoms with van der Waals surface area (Å²) in [5, 5.41) is 21.5. The minimum Gasteiger partial charge on any atom is -0.465 e. The molecule has 1 atom stereocenters. The van der Waals surface area contributed by atoms with E-state index in [-0.39, 0.29) is 11.6 Å². The molecule has 1 saturated heterocycles. The molecule has 1 amide bonds. The highest BCUT2D eigenvalue weighted by atomic mass is 79.9. The van der Waals surface area contributed by atoms with Crippen LogP contribution in [0.2, 0.25) is 0 Å². The van der Waals surface area contributed by atoms with Crippen LogP contribution >= 0.6 is 15.9 Å². The number of nitro groups is 1. The molecule has 0 saturated carbocycles. The maximum Gasteiger partial charge on any atom is 0.407 e. The maximum atomic E-state index is 11.8. The molecule has 1 aliphatic heterocycles. The Kier molecular flexibility index (Phi) is 7.28. The Balaban J connectivity index is 1.90. The first kappa shape index (κ1) is 23.8. The normalized spacial score (nSPS) is 16.5. The van der Waals surface area contributed by atoms with Crippen LogP contribution in [-0.4, -0.2) is 46.2 Å². The van der Waals surface area contributed by atoms with Gasteiger partial charge in [0.15, 0.2) is 0 Å². The Morgan fingerprint density at radius 3 is 2.56 bits per heavy atom. The van der Waals surface area contributed by atoms with E-state index >= 15 is 0 Å². The summed E-state index contributed by atoms with van der Waals surface area (Å²) >= 11 is 3.54. The van der Waals surface area contributed by atoms with E-state index in [0.717, 1.165) is 12.8 Å². The first-order valence-electron chi connectivity index (χ1n) is 10.5. The molecule has 0 aromatic heterocycles. The van der Waals surface area contributed by atoms with Crippen molar-refractivity contribution in [1.82, 2.24) is 4.90 Å². The molecule has 0 aliphatic carbocycles. The lowest BCUT2D eigenvalue weighted by Crippen LogP contribution is -2.50. The highest BCUT2D eigenvalue weighted by Crippen LogP contribution is 2.44. The van der Waals surface area contributed by atoms with Crippen LogP contribution in [0.5, 0.6) is 11.5 Å². The third kappa shape index (κ3) is 5.51. The topological polar surface area (TPSA) is 96.2 Å².